The smallest absolute Gasteiger partial charge is 0.410 e. The van der Waals surface area contributed by atoms with Crippen molar-refractivity contribution in [1.29, 1.82) is 0 Å². The highest BCUT2D eigenvalue weighted by Gasteiger charge is 2.51. The van der Waals surface area contributed by atoms with Gasteiger partial charge >= 0.3 is 12.2 Å². The molecular formula is C49H58N6O7. The number of pyridine rings is 1. The highest BCUT2D eigenvalue weighted by atomic mass is 16.6. The predicted molar refractivity (Wildman–Crippen MR) is 236 cm³/mol. The highest BCUT2D eigenvalue weighted by Crippen LogP contribution is 2.47. The molecule has 0 bridgehead atoms. The van der Waals surface area contributed by atoms with Gasteiger partial charge in [-0.2, -0.15) is 0 Å². The average Bonchev–Trinajstić information content (AvgIpc) is 3.77. The van der Waals surface area contributed by atoms with Gasteiger partial charge in [-0.15, -0.1) is 0 Å². The lowest BCUT2D eigenvalue weighted by molar-refractivity contribution is -0.148. The molecule has 3 aromatic carbocycles. The molecule has 1 fully saturated rings. The van der Waals surface area contributed by atoms with Crippen LogP contribution in [0.25, 0.3) is 0 Å². The van der Waals surface area contributed by atoms with Crippen molar-refractivity contribution in [3.05, 3.63) is 125 Å². The molecule has 13 heteroatoms. The van der Waals surface area contributed by atoms with Crippen LogP contribution in [0.5, 0.6) is 0 Å². The summed E-state index contributed by atoms with van der Waals surface area (Å²) in [5.41, 5.74) is 3.70. The minimum atomic E-state index is -0.833. The van der Waals surface area contributed by atoms with E-state index in [0.717, 1.165) is 33.4 Å². The van der Waals surface area contributed by atoms with Gasteiger partial charge in [0, 0.05) is 49.7 Å². The van der Waals surface area contributed by atoms with E-state index in [2.05, 4.69) is 15.6 Å². The number of amides is 5. The van der Waals surface area contributed by atoms with Crippen molar-refractivity contribution >= 4 is 41.4 Å². The molecule has 1 saturated heterocycles. The molecule has 5 amide bonds. The Bertz CT molecular complexity index is 2320. The van der Waals surface area contributed by atoms with Gasteiger partial charge in [0.1, 0.15) is 24.6 Å². The molecule has 1 aromatic heterocycles. The van der Waals surface area contributed by atoms with Crippen molar-refractivity contribution < 1.29 is 33.4 Å². The van der Waals surface area contributed by atoms with Crippen LogP contribution in [0, 0.1) is 5.41 Å². The van der Waals surface area contributed by atoms with Crippen LogP contribution in [0.1, 0.15) is 94.2 Å². The molecule has 62 heavy (non-hydrogen) atoms. The average molecular weight is 843 g/mol. The van der Waals surface area contributed by atoms with Gasteiger partial charge in [0.15, 0.2) is 0 Å². The van der Waals surface area contributed by atoms with Gasteiger partial charge in [-0.3, -0.25) is 14.4 Å². The van der Waals surface area contributed by atoms with E-state index in [1.165, 1.54) is 0 Å². The third kappa shape index (κ3) is 9.46. The molecule has 2 aliphatic heterocycles. The molecule has 2 N–H and O–H groups in total. The fourth-order valence-electron chi connectivity index (χ4n) is 8.93. The van der Waals surface area contributed by atoms with Gasteiger partial charge in [0.2, 0.25) is 17.7 Å². The van der Waals surface area contributed by atoms with Gasteiger partial charge in [-0.1, -0.05) is 73.7 Å². The van der Waals surface area contributed by atoms with Gasteiger partial charge in [0.05, 0.1) is 10.8 Å². The molecule has 0 unspecified atom stereocenters. The first-order chi connectivity index (χ1) is 29.6. The number of fused-ring (bicyclic) bond motifs is 3. The number of benzene rings is 3. The number of anilines is 2. The molecule has 13 nitrogen and oxygen atoms in total. The van der Waals surface area contributed by atoms with E-state index in [9.17, 15) is 19.2 Å². The molecular weight excluding hydrogens is 785 g/mol. The molecule has 0 radical (unpaired) electrons. The number of hydrogen-bond donors (Lipinski definition) is 2. The summed E-state index contributed by atoms with van der Waals surface area (Å²) >= 11 is 0. The summed E-state index contributed by atoms with van der Waals surface area (Å²) in [5.74, 6) is -0.0388. The zero-order valence-corrected chi connectivity index (χ0v) is 36.7. The van der Waals surface area contributed by atoms with Gasteiger partial charge in [-0.05, 0) is 113 Å². The summed E-state index contributed by atoms with van der Waals surface area (Å²) in [6.07, 6.45) is 3.13. The first-order valence-electron chi connectivity index (χ1n) is 21.6. The van der Waals surface area contributed by atoms with Crippen molar-refractivity contribution in [2.24, 2.45) is 5.41 Å². The Hall–Kier alpha value is -6.24. The Morgan fingerprint density at radius 1 is 0.887 bits per heavy atom. The maximum absolute atomic E-state index is 15.0. The Kier molecular flexibility index (Phi) is 12.7. The standard InChI is InChI=1S/C49H58N6O7/c1-7-48(21-24-53(25-22-48)45(59)61-32-34-14-9-8-10-15-34)44(58)54(29-36-16-11-12-17-37(36)30-55(33(2)3)46(60)62-47(4,5)6)31-41(56)51-39-20-19-35-27-49(28-38(35)26-39)40-18-13-23-50-42(40)52-43(49)57/h8-20,23,26,33H,7,21-22,24-25,27-32H2,1-6H3,(H,51,56)(H,50,52,57)/t49-/m1/s1. The number of nitrogens with zero attached hydrogens (tertiary/aromatic N) is 4. The van der Waals surface area contributed by atoms with Gasteiger partial charge < -0.3 is 34.8 Å². The van der Waals surface area contributed by atoms with Crippen LogP contribution in [0.3, 0.4) is 0 Å². The lowest BCUT2D eigenvalue weighted by Crippen LogP contribution is -2.52. The quantitative estimate of drug-likeness (QED) is 0.146. The number of carbonyl (C=O) groups is 5. The van der Waals surface area contributed by atoms with Crippen molar-refractivity contribution in [3.63, 3.8) is 0 Å². The fourth-order valence-corrected chi connectivity index (χ4v) is 8.93. The summed E-state index contributed by atoms with van der Waals surface area (Å²) in [6, 6.07) is 26.5. The summed E-state index contributed by atoms with van der Waals surface area (Å²) in [6.45, 7) is 12.3. The second-order valence-electron chi connectivity index (χ2n) is 18.1. The van der Waals surface area contributed by atoms with E-state index >= 15 is 4.79 Å². The molecule has 1 atom stereocenters. The van der Waals surface area contributed by atoms with E-state index in [4.69, 9.17) is 9.47 Å². The number of carbonyl (C=O) groups excluding carboxylic acids is 5. The van der Waals surface area contributed by atoms with E-state index in [1.54, 1.807) is 20.9 Å². The topological polar surface area (TPSA) is 150 Å². The molecule has 1 aliphatic carbocycles. The SMILES string of the molecule is CCC1(C(=O)N(CC(=O)Nc2ccc3c(c2)C[C@@]2(C3)C(=O)Nc3ncccc32)Cc2ccccc2CN(C(=O)OC(C)(C)C)C(C)C)CCN(C(=O)OCc2ccccc2)CC1. The largest absolute Gasteiger partial charge is 0.445 e. The van der Waals surface area contributed by atoms with E-state index in [-0.39, 0.29) is 50.0 Å². The van der Waals surface area contributed by atoms with Crippen LogP contribution in [-0.4, -0.2) is 80.9 Å². The van der Waals surface area contributed by atoms with Crippen molar-refractivity contribution in [3.8, 4) is 0 Å². The molecule has 3 aliphatic rings. The number of ether oxygens (including phenoxy) is 2. The van der Waals surface area contributed by atoms with E-state index in [0.29, 0.717) is 56.7 Å². The maximum atomic E-state index is 15.0. The Labute approximate surface area is 364 Å². The van der Waals surface area contributed by atoms with Crippen LogP contribution >= 0.6 is 0 Å². The molecule has 7 rings (SSSR count). The summed E-state index contributed by atoms with van der Waals surface area (Å²) < 4.78 is 11.4. The second-order valence-corrected chi connectivity index (χ2v) is 18.1. The molecule has 4 aromatic rings. The van der Waals surface area contributed by atoms with Crippen molar-refractivity contribution in [2.45, 2.75) is 110 Å². The first kappa shape index (κ1) is 43.8. The fraction of sp³-hybridized carbons (Fsp3) is 0.429. The second kappa shape index (κ2) is 18.0. The monoisotopic (exact) mass is 842 g/mol. The number of aromatic nitrogens is 1. The minimum Gasteiger partial charge on any atom is -0.445 e. The Morgan fingerprint density at radius 2 is 1.56 bits per heavy atom. The molecule has 1 spiro atoms. The maximum Gasteiger partial charge on any atom is 0.410 e. The Morgan fingerprint density at radius 3 is 2.24 bits per heavy atom. The number of hydrogen-bond acceptors (Lipinski definition) is 8. The third-order valence-corrected chi connectivity index (χ3v) is 12.5. The van der Waals surface area contributed by atoms with Crippen molar-refractivity contribution in [1.82, 2.24) is 19.7 Å². The molecule has 0 saturated carbocycles. The zero-order chi connectivity index (χ0) is 44.2. The van der Waals surface area contributed by atoms with Crippen LogP contribution in [0.2, 0.25) is 0 Å². The van der Waals surface area contributed by atoms with Crippen molar-refractivity contribution in [2.75, 3.05) is 30.3 Å². The highest BCUT2D eigenvalue weighted by molar-refractivity contribution is 6.06. The number of piperidine rings is 1. The predicted octanol–water partition coefficient (Wildman–Crippen LogP) is 8.01. The van der Waals surface area contributed by atoms with Gasteiger partial charge in [-0.25, -0.2) is 14.6 Å². The summed E-state index contributed by atoms with van der Waals surface area (Å²) in [4.78, 5) is 78.3. The number of rotatable bonds is 12. The van der Waals surface area contributed by atoms with Crippen LogP contribution < -0.4 is 10.6 Å². The molecule has 3 heterocycles. The van der Waals surface area contributed by atoms with Crippen LogP contribution in [0.15, 0.2) is 91.1 Å². The first-order valence-corrected chi connectivity index (χ1v) is 21.6. The van der Waals surface area contributed by atoms with E-state index < -0.39 is 28.6 Å². The molecule has 326 valence electrons. The third-order valence-electron chi connectivity index (χ3n) is 12.5. The van der Waals surface area contributed by atoms with Gasteiger partial charge in [0.25, 0.3) is 0 Å². The summed E-state index contributed by atoms with van der Waals surface area (Å²) in [7, 11) is 0. The minimum absolute atomic E-state index is 0.0789. The van der Waals surface area contributed by atoms with Crippen LogP contribution in [-0.2, 0) is 61.8 Å². The zero-order valence-electron chi connectivity index (χ0n) is 36.7. The normalized spacial score (nSPS) is 17.5. The van der Waals surface area contributed by atoms with E-state index in [1.807, 2.05) is 126 Å². The summed E-state index contributed by atoms with van der Waals surface area (Å²) in [5, 5.41) is 5.99. The Balaban J connectivity index is 1.11. The van der Waals surface area contributed by atoms with Crippen LogP contribution in [0.4, 0.5) is 21.1 Å². The number of likely N-dealkylation sites (tertiary alicyclic amines) is 1. The lowest BCUT2D eigenvalue weighted by atomic mass is 9.74. The number of nitrogens with one attached hydrogen (secondary N) is 2. The lowest BCUT2D eigenvalue weighted by Gasteiger charge is -2.42.